The minimum absolute atomic E-state index is 0.00236. The summed E-state index contributed by atoms with van der Waals surface area (Å²) in [5.41, 5.74) is 4.05. The van der Waals surface area contributed by atoms with E-state index in [0.29, 0.717) is 0 Å². The lowest BCUT2D eigenvalue weighted by Gasteiger charge is -2.19. The van der Waals surface area contributed by atoms with Crippen molar-refractivity contribution >= 4 is 23.4 Å². The number of amides is 1. The lowest BCUT2D eigenvalue weighted by atomic mass is 10.1. The van der Waals surface area contributed by atoms with E-state index in [1.165, 1.54) is 0 Å². The molecule has 2 nitrogen and oxygen atoms in total. The molecule has 0 aliphatic carbocycles. The molecule has 1 amide bonds. The summed E-state index contributed by atoms with van der Waals surface area (Å²) in [6.07, 6.45) is 0. The molecule has 0 spiro atoms. The van der Waals surface area contributed by atoms with Crippen LogP contribution in [0.4, 0.5) is 5.69 Å². The van der Waals surface area contributed by atoms with E-state index in [0.717, 1.165) is 27.3 Å². The molecule has 0 heterocycles. The van der Waals surface area contributed by atoms with Crippen molar-refractivity contribution in [1.29, 1.82) is 0 Å². The first-order valence-electron chi connectivity index (χ1n) is 8.29. The number of hydrogen-bond acceptors (Lipinski definition) is 2. The van der Waals surface area contributed by atoms with Gasteiger partial charge < -0.3 is 5.32 Å². The van der Waals surface area contributed by atoms with E-state index in [1.54, 1.807) is 11.8 Å². The van der Waals surface area contributed by atoms with Crippen LogP contribution in [0.1, 0.15) is 21.9 Å². The van der Waals surface area contributed by atoms with Crippen molar-refractivity contribution in [3.63, 3.8) is 0 Å². The van der Waals surface area contributed by atoms with E-state index in [9.17, 15) is 4.79 Å². The van der Waals surface area contributed by atoms with Crippen LogP contribution < -0.4 is 5.32 Å². The number of carbonyl (C=O) groups excluding carboxylic acids is 1. The molecule has 3 heteroatoms. The van der Waals surface area contributed by atoms with Gasteiger partial charge in [-0.3, -0.25) is 4.79 Å². The third-order valence-electron chi connectivity index (χ3n) is 4.07. The molecule has 0 aliphatic rings. The summed E-state index contributed by atoms with van der Waals surface area (Å²) in [5.74, 6) is -0.00236. The van der Waals surface area contributed by atoms with Gasteiger partial charge in [0.2, 0.25) is 5.91 Å². The van der Waals surface area contributed by atoms with Crippen LogP contribution in [0.3, 0.4) is 0 Å². The summed E-state index contributed by atoms with van der Waals surface area (Å²) >= 11 is 1.57. The normalized spacial score (nSPS) is 11.8. The molecule has 0 unspecified atom stereocenters. The summed E-state index contributed by atoms with van der Waals surface area (Å²) in [6, 6.07) is 26.0. The van der Waals surface area contributed by atoms with Gasteiger partial charge in [-0.2, -0.15) is 0 Å². The molecule has 126 valence electrons. The number of benzene rings is 3. The van der Waals surface area contributed by atoms with Gasteiger partial charge in [-0.15, -0.1) is 11.8 Å². The van der Waals surface area contributed by atoms with Crippen LogP contribution in [0.5, 0.6) is 0 Å². The third-order valence-corrected chi connectivity index (χ3v) is 5.33. The molecule has 0 bridgehead atoms. The van der Waals surface area contributed by atoms with Crippen molar-refractivity contribution in [2.24, 2.45) is 0 Å². The molecule has 1 atom stereocenters. The number of rotatable bonds is 5. The number of carbonyl (C=O) groups is 1. The molecule has 0 aromatic heterocycles. The van der Waals surface area contributed by atoms with Gasteiger partial charge in [0.1, 0.15) is 5.25 Å². The average molecular weight is 347 g/mol. The Labute approximate surface area is 153 Å². The Hall–Kier alpha value is -2.52. The predicted molar refractivity (Wildman–Crippen MR) is 106 cm³/mol. The van der Waals surface area contributed by atoms with Gasteiger partial charge in [-0.25, -0.2) is 0 Å². The van der Waals surface area contributed by atoms with Crippen LogP contribution in [0, 0.1) is 13.8 Å². The molecule has 3 aromatic rings. The summed E-state index contributed by atoms with van der Waals surface area (Å²) in [5, 5.41) is 2.83. The molecule has 3 rings (SSSR count). The Morgan fingerprint density at radius 2 is 1.36 bits per heavy atom. The molecular formula is C22H21NOS. The Bertz CT molecular complexity index is 826. The molecule has 0 aliphatic heterocycles. The minimum atomic E-state index is -0.303. The van der Waals surface area contributed by atoms with Crippen LogP contribution in [0.25, 0.3) is 0 Å². The zero-order valence-corrected chi connectivity index (χ0v) is 15.2. The highest BCUT2D eigenvalue weighted by molar-refractivity contribution is 8.00. The number of nitrogens with one attached hydrogen (secondary N) is 1. The van der Waals surface area contributed by atoms with Gasteiger partial charge in [-0.05, 0) is 42.7 Å². The van der Waals surface area contributed by atoms with Gasteiger partial charge in [-0.1, -0.05) is 66.7 Å². The summed E-state index contributed by atoms with van der Waals surface area (Å²) in [4.78, 5) is 14.2. The number of thioether (sulfide) groups is 1. The lowest BCUT2D eigenvalue weighted by molar-refractivity contribution is -0.115. The predicted octanol–water partition coefficient (Wildman–Crippen LogP) is 5.78. The highest BCUT2D eigenvalue weighted by Crippen LogP contribution is 2.36. The molecular weight excluding hydrogens is 326 g/mol. The van der Waals surface area contributed by atoms with Gasteiger partial charge in [0, 0.05) is 10.6 Å². The smallest absolute Gasteiger partial charge is 0.242 e. The van der Waals surface area contributed by atoms with Crippen molar-refractivity contribution in [3.05, 3.63) is 95.6 Å². The summed E-state index contributed by atoms with van der Waals surface area (Å²) < 4.78 is 0. The van der Waals surface area contributed by atoms with E-state index in [1.807, 2.05) is 92.7 Å². The van der Waals surface area contributed by atoms with Crippen molar-refractivity contribution in [2.75, 3.05) is 5.32 Å². The van der Waals surface area contributed by atoms with Crippen molar-refractivity contribution in [3.8, 4) is 0 Å². The van der Waals surface area contributed by atoms with Crippen molar-refractivity contribution in [2.45, 2.75) is 24.0 Å². The molecule has 1 N–H and O–H groups in total. The van der Waals surface area contributed by atoms with Gasteiger partial charge >= 0.3 is 0 Å². The Balaban J connectivity index is 1.90. The molecule has 25 heavy (non-hydrogen) atoms. The zero-order chi connectivity index (χ0) is 17.6. The highest BCUT2D eigenvalue weighted by Gasteiger charge is 2.23. The molecule has 0 radical (unpaired) electrons. The highest BCUT2D eigenvalue weighted by atomic mass is 32.2. The zero-order valence-electron chi connectivity index (χ0n) is 14.4. The van der Waals surface area contributed by atoms with Crippen LogP contribution in [-0.4, -0.2) is 5.91 Å². The summed E-state index contributed by atoms with van der Waals surface area (Å²) in [6.45, 7) is 4.04. The van der Waals surface area contributed by atoms with Crippen molar-refractivity contribution in [1.82, 2.24) is 0 Å². The fourth-order valence-corrected chi connectivity index (χ4v) is 3.78. The largest absolute Gasteiger partial charge is 0.324 e. The van der Waals surface area contributed by atoms with Crippen LogP contribution in [-0.2, 0) is 4.79 Å². The van der Waals surface area contributed by atoms with Crippen LogP contribution >= 0.6 is 11.8 Å². The maximum absolute atomic E-state index is 13.1. The lowest BCUT2D eigenvalue weighted by Crippen LogP contribution is -2.20. The number of aryl methyl sites for hydroxylation is 2. The molecule has 3 aromatic carbocycles. The Kier molecular flexibility index (Phi) is 5.56. The maximum Gasteiger partial charge on any atom is 0.242 e. The second-order valence-electron chi connectivity index (χ2n) is 5.98. The van der Waals surface area contributed by atoms with Crippen LogP contribution in [0.2, 0.25) is 0 Å². The van der Waals surface area contributed by atoms with E-state index in [4.69, 9.17) is 0 Å². The third kappa shape index (κ3) is 4.31. The van der Waals surface area contributed by atoms with Gasteiger partial charge in [0.15, 0.2) is 0 Å². The van der Waals surface area contributed by atoms with E-state index >= 15 is 0 Å². The molecule has 0 saturated heterocycles. The number of anilines is 1. The van der Waals surface area contributed by atoms with E-state index in [-0.39, 0.29) is 11.2 Å². The quantitative estimate of drug-likeness (QED) is 0.593. The molecule has 0 fully saturated rings. The number of para-hydroxylation sites is 1. The summed E-state index contributed by atoms with van der Waals surface area (Å²) in [7, 11) is 0. The Morgan fingerprint density at radius 1 is 0.800 bits per heavy atom. The van der Waals surface area contributed by atoms with E-state index < -0.39 is 0 Å². The number of hydrogen-bond donors (Lipinski definition) is 1. The van der Waals surface area contributed by atoms with E-state index in [2.05, 4.69) is 5.32 Å². The second-order valence-corrected chi connectivity index (χ2v) is 7.16. The first-order valence-corrected chi connectivity index (χ1v) is 9.17. The van der Waals surface area contributed by atoms with Crippen LogP contribution in [0.15, 0.2) is 83.8 Å². The fourth-order valence-electron chi connectivity index (χ4n) is 2.74. The maximum atomic E-state index is 13.1. The monoisotopic (exact) mass is 347 g/mol. The SMILES string of the molecule is Cc1cccc(C)c1NC(=O)[C@H](Sc1ccccc1)c1ccccc1. The van der Waals surface area contributed by atoms with Gasteiger partial charge in [0.05, 0.1) is 0 Å². The van der Waals surface area contributed by atoms with Crippen molar-refractivity contribution < 1.29 is 4.79 Å². The first kappa shape index (κ1) is 17.3. The fraction of sp³-hybridized carbons (Fsp3) is 0.136. The second kappa shape index (κ2) is 8.04. The van der Waals surface area contributed by atoms with Gasteiger partial charge in [0.25, 0.3) is 0 Å². The average Bonchev–Trinajstić information content (AvgIpc) is 2.64. The standard InChI is InChI=1S/C22H21NOS/c1-16-10-9-11-17(2)20(16)23-22(24)21(18-12-5-3-6-13-18)25-19-14-7-4-8-15-19/h3-15,21H,1-2H3,(H,23,24)/t21-/m1/s1. The first-order chi connectivity index (χ1) is 12.1. The minimum Gasteiger partial charge on any atom is -0.324 e. The topological polar surface area (TPSA) is 29.1 Å². The molecule has 0 saturated carbocycles. The Morgan fingerprint density at radius 3 is 1.96 bits per heavy atom.